The molecule has 1 rings (SSSR count). The molecule has 0 saturated carbocycles. The summed E-state index contributed by atoms with van der Waals surface area (Å²) in [6, 6.07) is 5.69. The van der Waals surface area contributed by atoms with Crippen molar-refractivity contribution in [2.24, 2.45) is 5.73 Å². The molecule has 3 heteroatoms. The lowest BCUT2D eigenvalue weighted by atomic mass is 10.2. The number of nitrogens with two attached hydrogens (primary N) is 1. The monoisotopic (exact) mass is 152 g/mol. The van der Waals surface area contributed by atoms with Gasteiger partial charge in [-0.15, -0.1) is 0 Å². The average Bonchev–Trinajstić information content (AvgIpc) is 2.09. The molecule has 0 spiro atoms. The highest BCUT2D eigenvalue weighted by molar-refractivity contribution is 5.06. The fourth-order valence-electron chi connectivity index (χ4n) is 0.904. The van der Waals surface area contributed by atoms with Gasteiger partial charge in [0.25, 0.3) is 0 Å². The second-order valence-electron chi connectivity index (χ2n) is 2.21. The van der Waals surface area contributed by atoms with E-state index in [1.165, 1.54) is 0 Å². The van der Waals surface area contributed by atoms with E-state index in [1.807, 2.05) is 18.2 Å². The van der Waals surface area contributed by atoms with Gasteiger partial charge in [-0.05, 0) is 12.1 Å². The Kier molecular flexibility index (Phi) is 3.01. The van der Waals surface area contributed by atoms with Gasteiger partial charge in [0, 0.05) is 19.9 Å². The number of pyridine rings is 1. The Hall–Kier alpha value is -0.930. The van der Waals surface area contributed by atoms with Gasteiger partial charge in [-0.2, -0.15) is 0 Å². The van der Waals surface area contributed by atoms with E-state index in [-0.39, 0.29) is 6.10 Å². The minimum atomic E-state index is -0.0730. The molecule has 0 radical (unpaired) electrons. The number of aromatic nitrogens is 1. The summed E-state index contributed by atoms with van der Waals surface area (Å²) in [5, 5.41) is 0. The first-order chi connectivity index (χ1) is 5.38. The van der Waals surface area contributed by atoms with E-state index in [9.17, 15) is 0 Å². The maximum absolute atomic E-state index is 5.45. The van der Waals surface area contributed by atoms with Crippen LogP contribution < -0.4 is 5.73 Å². The number of rotatable bonds is 3. The third kappa shape index (κ3) is 2.00. The molecule has 1 heterocycles. The van der Waals surface area contributed by atoms with E-state index >= 15 is 0 Å². The Morgan fingerprint density at radius 3 is 2.91 bits per heavy atom. The zero-order valence-electron chi connectivity index (χ0n) is 6.53. The largest absolute Gasteiger partial charge is 0.374 e. The topological polar surface area (TPSA) is 48.1 Å². The van der Waals surface area contributed by atoms with Gasteiger partial charge in [-0.3, -0.25) is 4.98 Å². The summed E-state index contributed by atoms with van der Waals surface area (Å²) in [5.41, 5.74) is 6.34. The number of hydrogen-bond acceptors (Lipinski definition) is 3. The molecule has 0 aliphatic rings. The van der Waals surface area contributed by atoms with Crippen LogP contribution in [-0.4, -0.2) is 18.6 Å². The normalized spacial score (nSPS) is 12.9. The van der Waals surface area contributed by atoms with E-state index in [0.717, 1.165) is 5.69 Å². The molecule has 1 aromatic heterocycles. The van der Waals surface area contributed by atoms with Crippen LogP contribution in [0.2, 0.25) is 0 Å². The maximum Gasteiger partial charge on any atom is 0.111 e. The quantitative estimate of drug-likeness (QED) is 0.694. The van der Waals surface area contributed by atoms with Crippen molar-refractivity contribution >= 4 is 0 Å². The van der Waals surface area contributed by atoms with Crippen LogP contribution in [0.5, 0.6) is 0 Å². The first-order valence-electron chi connectivity index (χ1n) is 3.52. The zero-order valence-corrected chi connectivity index (χ0v) is 6.53. The molecule has 3 nitrogen and oxygen atoms in total. The van der Waals surface area contributed by atoms with Gasteiger partial charge < -0.3 is 10.5 Å². The van der Waals surface area contributed by atoms with Gasteiger partial charge in [0.1, 0.15) is 6.10 Å². The van der Waals surface area contributed by atoms with Crippen molar-refractivity contribution in [3.05, 3.63) is 30.1 Å². The molecular formula is C8H12N2O. The summed E-state index contributed by atoms with van der Waals surface area (Å²) in [6.07, 6.45) is 1.66. The van der Waals surface area contributed by atoms with Crippen molar-refractivity contribution < 1.29 is 4.74 Å². The smallest absolute Gasteiger partial charge is 0.111 e. The lowest BCUT2D eigenvalue weighted by molar-refractivity contribution is 0.107. The lowest BCUT2D eigenvalue weighted by Gasteiger charge is -2.10. The van der Waals surface area contributed by atoms with Crippen LogP contribution in [0.4, 0.5) is 0 Å². The molecule has 0 aromatic carbocycles. The minimum Gasteiger partial charge on any atom is -0.374 e. The molecule has 0 fully saturated rings. The van der Waals surface area contributed by atoms with E-state index in [1.54, 1.807) is 13.3 Å². The van der Waals surface area contributed by atoms with Crippen LogP contribution >= 0.6 is 0 Å². The molecule has 2 N–H and O–H groups in total. The second kappa shape index (κ2) is 4.05. The summed E-state index contributed by atoms with van der Waals surface area (Å²) in [6.45, 7) is 0.466. The van der Waals surface area contributed by atoms with Crippen LogP contribution in [0.3, 0.4) is 0 Å². The molecule has 11 heavy (non-hydrogen) atoms. The Balaban J connectivity index is 2.74. The summed E-state index contributed by atoms with van der Waals surface area (Å²) >= 11 is 0. The van der Waals surface area contributed by atoms with Gasteiger partial charge in [-0.25, -0.2) is 0 Å². The average molecular weight is 152 g/mol. The number of ether oxygens (including phenoxy) is 1. The van der Waals surface area contributed by atoms with Gasteiger partial charge >= 0.3 is 0 Å². The summed E-state index contributed by atoms with van der Waals surface area (Å²) in [4.78, 5) is 4.12. The highest BCUT2D eigenvalue weighted by atomic mass is 16.5. The van der Waals surface area contributed by atoms with Crippen molar-refractivity contribution in [2.75, 3.05) is 13.7 Å². The summed E-state index contributed by atoms with van der Waals surface area (Å²) in [7, 11) is 1.63. The van der Waals surface area contributed by atoms with Crippen LogP contribution in [-0.2, 0) is 4.74 Å². The fourth-order valence-corrected chi connectivity index (χ4v) is 0.904. The van der Waals surface area contributed by atoms with Crippen LogP contribution in [0, 0.1) is 0 Å². The summed E-state index contributed by atoms with van der Waals surface area (Å²) < 4.78 is 5.10. The van der Waals surface area contributed by atoms with Crippen molar-refractivity contribution in [1.29, 1.82) is 0 Å². The van der Waals surface area contributed by atoms with Crippen molar-refractivity contribution in [3.8, 4) is 0 Å². The van der Waals surface area contributed by atoms with Gasteiger partial charge in [-0.1, -0.05) is 6.07 Å². The van der Waals surface area contributed by atoms with Crippen molar-refractivity contribution in [3.63, 3.8) is 0 Å². The highest BCUT2D eigenvalue weighted by Crippen LogP contribution is 2.10. The van der Waals surface area contributed by atoms with Gasteiger partial charge in [0.05, 0.1) is 5.69 Å². The number of methoxy groups -OCH3 is 1. The highest BCUT2D eigenvalue weighted by Gasteiger charge is 2.07. The van der Waals surface area contributed by atoms with Crippen LogP contribution in [0.1, 0.15) is 11.8 Å². The molecule has 0 aliphatic carbocycles. The Bertz CT molecular complexity index is 197. The Labute approximate surface area is 66.2 Å². The SMILES string of the molecule is COC(CN)c1ccccn1. The molecule has 0 amide bonds. The lowest BCUT2D eigenvalue weighted by Crippen LogP contribution is -2.15. The standard InChI is InChI=1S/C8H12N2O/c1-11-8(6-9)7-4-2-3-5-10-7/h2-5,8H,6,9H2,1H3. The molecule has 1 atom stereocenters. The molecule has 0 aliphatic heterocycles. The number of nitrogens with zero attached hydrogens (tertiary/aromatic N) is 1. The minimum absolute atomic E-state index is 0.0730. The van der Waals surface area contributed by atoms with Crippen LogP contribution in [0.15, 0.2) is 24.4 Å². The molecular weight excluding hydrogens is 140 g/mol. The van der Waals surface area contributed by atoms with Gasteiger partial charge in [0.2, 0.25) is 0 Å². The van der Waals surface area contributed by atoms with E-state index in [2.05, 4.69) is 4.98 Å². The molecule has 1 aromatic rings. The predicted octanol–water partition coefficient (Wildman–Crippen LogP) is 0.728. The van der Waals surface area contributed by atoms with E-state index < -0.39 is 0 Å². The van der Waals surface area contributed by atoms with Crippen molar-refractivity contribution in [1.82, 2.24) is 4.98 Å². The molecule has 0 saturated heterocycles. The number of hydrogen-bond donors (Lipinski definition) is 1. The molecule has 60 valence electrons. The fraction of sp³-hybridized carbons (Fsp3) is 0.375. The van der Waals surface area contributed by atoms with Crippen LogP contribution in [0.25, 0.3) is 0 Å². The zero-order chi connectivity index (χ0) is 8.10. The van der Waals surface area contributed by atoms with Gasteiger partial charge in [0.15, 0.2) is 0 Å². The Morgan fingerprint density at radius 2 is 2.45 bits per heavy atom. The van der Waals surface area contributed by atoms with Crippen molar-refractivity contribution in [2.45, 2.75) is 6.10 Å². The first kappa shape index (κ1) is 8.17. The molecule has 0 bridgehead atoms. The maximum atomic E-state index is 5.45. The predicted molar refractivity (Wildman–Crippen MR) is 43.0 cm³/mol. The first-order valence-corrected chi connectivity index (χ1v) is 3.52. The molecule has 1 unspecified atom stereocenters. The summed E-state index contributed by atoms with van der Waals surface area (Å²) in [5.74, 6) is 0. The van der Waals surface area contributed by atoms with E-state index in [0.29, 0.717) is 6.54 Å². The Morgan fingerprint density at radius 1 is 1.64 bits per heavy atom. The third-order valence-corrected chi connectivity index (χ3v) is 1.52. The van der Waals surface area contributed by atoms with E-state index in [4.69, 9.17) is 10.5 Å². The second-order valence-corrected chi connectivity index (χ2v) is 2.21. The third-order valence-electron chi connectivity index (χ3n) is 1.52.